The molecule has 1 N–H and O–H groups in total. The number of hydrogen-bond donors (Lipinski definition) is 1. The highest BCUT2D eigenvalue weighted by Gasteiger charge is 2.08. The maximum atomic E-state index is 13.5. The van der Waals surface area contributed by atoms with E-state index in [4.69, 9.17) is 4.74 Å². The van der Waals surface area contributed by atoms with E-state index in [0.717, 1.165) is 5.56 Å². The van der Waals surface area contributed by atoms with Gasteiger partial charge in [-0.05, 0) is 43.7 Å². The predicted molar refractivity (Wildman–Crippen MR) is 81.7 cm³/mol. The third-order valence-corrected chi connectivity index (χ3v) is 3.01. The molecule has 2 aromatic rings. The van der Waals surface area contributed by atoms with E-state index in [1.54, 1.807) is 43.3 Å². The lowest BCUT2D eigenvalue weighted by Gasteiger charge is -2.09. The van der Waals surface area contributed by atoms with Crippen molar-refractivity contribution >= 4 is 17.4 Å². The second-order valence-corrected chi connectivity index (χ2v) is 4.90. The standard InChI is InChI=1S/C17H16FNO3/c1-11-6-7-15(18)16(8-11)19-17(21)10-22-14-5-3-4-13(9-14)12(2)20/h3-9H,10H2,1-2H3,(H,19,21). The Labute approximate surface area is 127 Å². The fourth-order valence-electron chi connectivity index (χ4n) is 1.87. The molecule has 0 heterocycles. The molecule has 1 amide bonds. The van der Waals surface area contributed by atoms with Gasteiger partial charge in [-0.15, -0.1) is 0 Å². The number of hydrogen-bond acceptors (Lipinski definition) is 3. The second kappa shape index (κ2) is 6.85. The number of carbonyl (C=O) groups excluding carboxylic acids is 2. The molecule has 0 aliphatic carbocycles. The van der Waals surface area contributed by atoms with Crippen molar-refractivity contribution in [3.05, 3.63) is 59.4 Å². The van der Waals surface area contributed by atoms with Gasteiger partial charge >= 0.3 is 0 Å². The van der Waals surface area contributed by atoms with E-state index in [-0.39, 0.29) is 18.1 Å². The van der Waals surface area contributed by atoms with Crippen LogP contribution in [0, 0.1) is 12.7 Å². The van der Waals surface area contributed by atoms with Crippen molar-refractivity contribution in [2.75, 3.05) is 11.9 Å². The van der Waals surface area contributed by atoms with Gasteiger partial charge in [0, 0.05) is 5.56 Å². The van der Waals surface area contributed by atoms with Crippen LogP contribution in [0.1, 0.15) is 22.8 Å². The van der Waals surface area contributed by atoms with E-state index in [2.05, 4.69) is 5.32 Å². The first kappa shape index (κ1) is 15.7. The minimum absolute atomic E-state index is 0.0864. The Morgan fingerprint density at radius 1 is 1.18 bits per heavy atom. The van der Waals surface area contributed by atoms with Crippen molar-refractivity contribution in [1.82, 2.24) is 0 Å². The number of halogens is 1. The normalized spacial score (nSPS) is 10.1. The van der Waals surface area contributed by atoms with Gasteiger partial charge in [-0.25, -0.2) is 4.39 Å². The molecule has 4 nitrogen and oxygen atoms in total. The van der Waals surface area contributed by atoms with Gasteiger partial charge < -0.3 is 10.1 Å². The minimum Gasteiger partial charge on any atom is -0.484 e. The SMILES string of the molecule is CC(=O)c1cccc(OCC(=O)Nc2cc(C)ccc2F)c1. The third kappa shape index (κ3) is 4.15. The number of ketones is 1. The van der Waals surface area contributed by atoms with Crippen molar-refractivity contribution in [3.63, 3.8) is 0 Å². The lowest BCUT2D eigenvalue weighted by atomic mass is 10.1. The van der Waals surface area contributed by atoms with Gasteiger partial charge in [-0.2, -0.15) is 0 Å². The minimum atomic E-state index is -0.502. The van der Waals surface area contributed by atoms with Gasteiger partial charge in [0.25, 0.3) is 5.91 Å². The molecule has 0 aliphatic rings. The van der Waals surface area contributed by atoms with Crippen LogP contribution in [0.5, 0.6) is 5.75 Å². The Morgan fingerprint density at radius 2 is 1.95 bits per heavy atom. The van der Waals surface area contributed by atoms with Crippen LogP contribution in [0.25, 0.3) is 0 Å². The second-order valence-electron chi connectivity index (χ2n) is 4.90. The van der Waals surface area contributed by atoms with Crippen LogP contribution in [-0.2, 0) is 4.79 Å². The van der Waals surface area contributed by atoms with Crippen LogP contribution < -0.4 is 10.1 Å². The molecule has 0 fully saturated rings. The van der Waals surface area contributed by atoms with Crippen molar-refractivity contribution in [1.29, 1.82) is 0 Å². The molecule has 22 heavy (non-hydrogen) atoms. The van der Waals surface area contributed by atoms with Crippen LogP contribution in [-0.4, -0.2) is 18.3 Å². The van der Waals surface area contributed by atoms with Gasteiger partial charge in [0.15, 0.2) is 12.4 Å². The first-order valence-electron chi connectivity index (χ1n) is 6.75. The van der Waals surface area contributed by atoms with Crippen molar-refractivity contribution in [2.24, 2.45) is 0 Å². The summed E-state index contributed by atoms with van der Waals surface area (Å²) in [4.78, 5) is 23.1. The molecule has 0 saturated heterocycles. The Morgan fingerprint density at radius 3 is 2.68 bits per heavy atom. The lowest BCUT2D eigenvalue weighted by Crippen LogP contribution is -2.21. The molecule has 2 aromatic carbocycles. The predicted octanol–water partition coefficient (Wildman–Crippen LogP) is 3.35. The molecule has 0 atom stereocenters. The fourth-order valence-corrected chi connectivity index (χ4v) is 1.87. The largest absolute Gasteiger partial charge is 0.484 e. The van der Waals surface area contributed by atoms with Crippen molar-refractivity contribution < 1.29 is 18.7 Å². The topological polar surface area (TPSA) is 55.4 Å². The Balaban J connectivity index is 1.97. The summed E-state index contributed by atoms with van der Waals surface area (Å²) in [7, 11) is 0. The molecule has 0 bridgehead atoms. The van der Waals surface area contributed by atoms with E-state index in [1.165, 1.54) is 13.0 Å². The van der Waals surface area contributed by atoms with Gasteiger partial charge in [0.2, 0.25) is 0 Å². The molecule has 0 saturated carbocycles. The number of amides is 1. The average Bonchev–Trinajstić information content (AvgIpc) is 2.49. The summed E-state index contributed by atoms with van der Waals surface area (Å²) >= 11 is 0. The first-order chi connectivity index (χ1) is 10.5. The maximum absolute atomic E-state index is 13.5. The summed E-state index contributed by atoms with van der Waals surface area (Å²) in [6.45, 7) is 2.99. The van der Waals surface area contributed by atoms with E-state index in [1.807, 2.05) is 0 Å². The summed E-state index contributed by atoms with van der Waals surface area (Å²) in [6.07, 6.45) is 0. The molecule has 5 heteroatoms. The quantitative estimate of drug-likeness (QED) is 0.862. The summed E-state index contributed by atoms with van der Waals surface area (Å²) in [5.74, 6) is -0.653. The van der Waals surface area contributed by atoms with Crippen molar-refractivity contribution in [3.8, 4) is 5.75 Å². The zero-order valence-corrected chi connectivity index (χ0v) is 12.4. The van der Waals surface area contributed by atoms with Gasteiger partial charge in [0.05, 0.1) is 5.69 Å². The smallest absolute Gasteiger partial charge is 0.262 e. The number of carbonyl (C=O) groups is 2. The van der Waals surface area contributed by atoms with E-state index < -0.39 is 11.7 Å². The maximum Gasteiger partial charge on any atom is 0.262 e. The van der Waals surface area contributed by atoms with Crippen molar-refractivity contribution in [2.45, 2.75) is 13.8 Å². The summed E-state index contributed by atoms with van der Waals surface area (Å²) in [5, 5.41) is 2.45. The van der Waals surface area contributed by atoms with E-state index in [0.29, 0.717) is 11.3 Å². The number of aryl methyl sites for hydroxylation is 1. The number of anilines is 1. The Hall–Kier alpha value is -2.69. The number of Topliss-reactive ketones (excluding diaryl/α,β-unsaturated/α-hetero) is 1. The molecular formula is C17H16FNO3. The molecule has 114 valence electrons. The molecular weight excluding hydrogens is 285 g/mol. The molecule has 0 unspecified atom stereocenters. The molecule has 0 spiro atoms. The average molecular weight is 301 g/mol. The lowest BCUT2D eigenvalue weighted by molar-refractivity contribution is -0.118. The summed E-state index contributed by atoms with van der Waals surface area (Å²) in [6, 6.07) is 11.0. The highest BCUT2D eigenvalue weighted by molar-refractivity contribution is 5.94. The van der Waals surface area contributed by atoms with E-state index in [9.17, 15) is 14.0 Å². The van der Waals surface area contributed by atoms with Crippen LogP contribution in [0.15, 0.2) is 42.5 Å². The monoisotopic (exact) mass is 301 g/mol. The molecule has 2 rings (SSSR count). The zero-order valence-electron chi connectivity index (χ0n) is 12.4. The summed E-state index contributed by atoms with van der Waals surface area (Å²) < 4.78 is 18.9. The van der Waals surface area contributed by atoms with E-state index >= 15 is 0 Å². The number of benzene rings is 2. The van der Waals surface area contributed by atoms with Crippen LogP contribution in [0.3, 0.4) is 0 Å². The van der Waals surface area contributed by atoms with Crippen LogP contribution >= 0.6 is 0 Å². The van der Waals surface area contributed by atoms with Gasteiger partial charge in [-0.3, -0.25) is 9.59 Å². The Bertz CT molecular complexity index is 713. The number of ether oxygens (including phenoxy) is 1. The highest BCUT2D eigenvalue weighted by Crippen LogP contribution is 2.16. The Kier molecular flexibility index (Phi) is 4.88. The first-order valence-corrected chi connectivity index (χ1v) is 6.75. The van der Waals surface area contributed by atoms with Gasteiger partial charge in [-0.1, -0.05) is 18.2 Å². The molecule has 0 aromatic heterocycles. The highest BCUT2D eigenvalue weighted by atomic mass is 19.1. The summed E-state index contributed by atoms with van der Waals surface area (Å²) in [5.41, 5.74) is 1.46. The third-order valence-electron chi connectivity index (χ3n) is 3.01. The van der Waals surface area contributed by atoms with Gasteiger partial charge in [0.1, 0.15) is 11.6 Å². The van der Waals surface area contributed by atoms with Crippen LogP contribution in [0.2, 0.25) is 0 Å². The zero-order chi connectivity index (χ0) is 16.1. The molecule has 0 radical (unpaired) electrons. The molecule has 0 aliphatic heterocycles. The van der Waals surface area contributed by atoms with Crippen LogP contribution in [0.4, 0.5) is 10.1 Å². The number of nitrogens with one attached hydrogen (secondary N) is 1. The fraction of sp³-hybridized carbons (Fsp3) is 0.176. The number of rotatable bonds is 5.